The van der Waals surface area contributed by atoms with Crippen molar-refractivity contribution in [3.8, 4) is 0 Å². The first kappa shape index (κ1) is 15.9. The molecule has 0 aliphatic carbocycles. The van der Waals surface area contributed by atoms with Crippen LogP contribution in [0.2, 0.25) is 0 Å². The number of benzene rings is 1. The fourth-order valence-electron chi connectivity index (χ4n) is 2.20. The third-order valence-corrected chi connectivity index (χ3v) is 4.34. The highest BCUT2D eigenvalue weighted by atomic mass is 32.2. The Morgan fingerprint density at radius 3 is 2.86 bits per heavy atom. The Morgan fingerprint density at radius 1 is 1.24 bits per heavy atom. The smallest absolute Gasteiger partial charge is 0.250 e. The lowest BCUT2D eigenvalue weighted by molar-refractivity contribution is 0.597. The van der Waals surface area contributed by atoms with Gasteiger partial charge in [-0.25, -0.2) is 0 Å². The van der Waals surface area contributed by atoms with Gasteiger partial charge >= 0.3 is 0 Å². The van der Waals surface area contributed by atoms with Crippen molar-refractivity contribution in [1.29, 1.82) is 0 Å². The van der Waals surface area contributed by atoms with Crippen molar-refractivity contribution < 1.29 is 0 Å². The van der Waals surface area contributed by atoms with Crippen LogP contribution in [0, 0.1) is 0 Å². The average molecular weight is 302 g/mol. The summed E-state index contributed by atoms with van der Waals surface area (Å²) in [4.78, 5) is 12.9. The molecule has 1 heterocycles. The van der Waals surface area contributed by atoms with Gasteiger partial charge in [-0.3, -0.25) is 4.79 Å². The van der Waals surface area contributed by atoms with Gasteiger partial charge in [-0.15, -0.1) is 11.8 Å². The second-order valence-corrected chi connectivity index (χ2v) is 6.10. The van der Waals surface area contributed by atoms with E-state index >= 15 is 0 Å². The molecule has 1 aromatic heterocycles. The maximum atomic E-state index is 11.6. The zero-order valence-corrected chi connectivity index (χ0v) is 13.4. The van der Waals surface area contributed by atoms with Crippen LogP contribution in [-0.2, 0) is 6.54 Å². The third kappa shape index (κ3) is 4.76. The van der Waals surface area contributed by atoms with Gasteiger partial charge in [0.25, 0.3) is 5.56 Å². The van der Waals surface area contributed by atoms with Crippen molar-refractivity contribution in [2.45, 2.75) is 31.3 Å². The van der Waals surface area contributed by atoms with Gasteiger partial charge in [-0.05, 0) is 37.2 Å². The average Bonchev–Trinajstić information content (AvgIpc) is 2.50. The van der Waals surface area contributed by atoms with E-state index in [0.29, 0.717) is 6.04 Å². The quantitative estimate of drug-likeness (QED) is 0.797. The number of nitrogens with zero attached hydrogens (tertiary/aromatic N) is 1. The summed E-state index contributed by atoms with van der Waals surface area (Å²) in [6.07, 6.45) is 1.84. The minimum atomic E-state index is 0.0626. The van der Waals surface area contributed by atoms with Crippen molar-refractivity contribution in [1.82, 2.24) is 9.88 Å². The van der Waals surface area contributed by atoms with Crippen LogP contribution in [0.1, 0.15) is 25.5 Å². The summed E-state index contributed by atoms with van der Waals surface area (Å²) in [5.41, 5.74) is 1.37. The first-order valence-electron chi connectivity index (χ1n) is 7.32. The molecule has 4 heteroatoms. The van der Waals surface area contributed by atoms with Crippen LogP contribution in [0.15, 0.2) is 58.4 Å². The van der Waals surface area contributed by atoms with Gasteiger partial charge in [0, 0.05) is 35.5 Å². The molecule has 3 nitrogen and oxygen atoms in total. The van der Waals surface area contributed by atoms with Gasteiger partial charge < -0.3 is 9.88 Å². The number of nitrogens with one attached hydrogen (secondary N) is 1. The van der Waals surface area contributed by atoms with E-state index in [9.17, 15) is 4.79 Å². The molecule has 1 unspecified atom stereocenters. The molecule has 0 spiro atoms. The van der Waals surface area contributed by atoms with Crippen molar-refractivity contribution >= 4 is 11.8 Å². The summed E-state index contributed by atoms with van der Waals surface area (Å²) in [6, 6.07) is 14.2. The Labute approximate surface area is 130 Å². The molecule has 112 valence electrons. The standard InChI is InChI=1S/C17H22N2OS/c1-3-18-14(2)15-7-6-8-16(13-15)21-12-11-19-10-5-4-9-17(19)20/h4-10,13-14,18H,3,11-12H2,1-2H3. The molecule has 2 aromatic rings. The fourth-order valence-corrected chi connectivity index (χ4v) is 3.12. The maximum absolute atomic E-state index is 11.6. The summed E-state index contributed by atoms with van der Waals surface area (Å²) in [5.74, 6) is 0.892. The van der Waals surface area contributed by atoms with Gasteiger partial charge in [-0.2, -0.15) is 0 Å². The van der Waals surface area contributed by atoms with E-state index in [1.54, 1.807) is 28.5 Å². The zero-order chi connectivity index (χ0) is 15.1. The normalized spacial score (nSPS) is 12.3. The molecule has 0 saturated carbocycles. The van der Waals surface area contributed by atoms with E-state index in [2.05, 4.69) is 43.4 Å². The van der Waals surface area contributed by atoms with E-state index in [1.165, 1.54) is 10.5 Å². The largest absolute Gasteiger partial charge is 0.315 e. The molecule has 1 aromatic carbocycles. The summed E-state index contributed by atoms with van der Waals surface area (Å²) in [6.45, 7) is 6.00. The molecule has 1 atom stereocenters. The van der Waals surface area contributed by atoms with Gasteiger partial charge in [0.1, 0.15) is 0 Å². The minimum absolute atomic E-state index is 0.0626. The SMILES string of the molecule is CCNC(C)c1cccc(SCCn2ccccc2=O)c1. The van der Waals surface area contributed by atoms with Crippen LogP contribution in [0.4, 0.5) is 0 Å². The Hall–Kier alpha value is -1.52. The van der Waals surface area contributed by atoms with Crippen molar-refractivity contribution in [3.63, 3.8) is 0 Å². The molecule has 0 aliphatic rings. The number of hydrogen-bond donors (Lipinski definition) is 1. The van der Waals surface area contributed by atoms with E-state index < -0.39 is 0 Å². The number of rotatable bonds is 7. The molecule has 2 rings (SSSR count). The first-order valence-corrected chi connectivity index (χ1v) is 8.31. The van der Waals surface area contributed by atoms with E-state index in [-0.39, 0.29) is 5.56 Å². The fraction of sp³-hybridized carbons (Fsp3) is 0.353. The highest BCUT2D eigenvalue weighted by Gasteiger charge is 2.04. The van der Waals surface area contributed by atoms with Gasteiger partial charge in [-0.1, -0.05) is 25.1 Å². The van der Waals surface area contributed by atoms with E-state index in [1.807, 2.05) is 12.3 Å². The Kier molecular flexibility index (Phi) is 6.08. The monoisotopic (exact) mass is 302 g/mol. The van der Waals surface area contributed by atoms with Gasteiger partial charge in [0.05, 0.1) is 0 Å². The lowest BCUT2D eigenvalue weighted by Crippen LogP contribution is -2.18. The third-order valence-electron chi connectivity index (χ3n) is 3.37. The molecule has 0 saturated heterocycles. The summed E-state index contributed by atoms with van der Waals surface area (Å²) in [7, 11) is 0. The van der Waals surface area contributed by atoms with Crippen molar-refractivity contribution in [2.24, 2.45) is 0 Å². The van der Waals surface area contributed by atoms with Crippen LogP contribution in [0.3, 0.4) is 0 Å². The topological polar surface area (TPSA) is 34.0 Å². The predicted molar refractivity (Wildman–Crippen MR) is 90.0 cm³/mol. The molecule has 0 aliphatic heterocycles. The Balaban J connectivity index is 1.93. The number of thioether (sulfide) groups is 1. The summed E-state index contributed by atoms with van der Waals surface area (Å²) < 4.78 is 1.75. The van der Waals surface area contributed by atoms with Crippen molar-refractivity contribution in [3.05, 3.63) is 64.6 Å². The lowest BCUT2D eigenvalue weighted by atomic mass is 10.1. The second kappa shape index (κ2) is 8.05. The Morgan fingerprint density at radius 2 is 2.10 bits per heavy atom. The van der Waals surface area contributed by atoms with Gasteiger partial charge in [0.2, 0.25) is 0 Å². The predicted octanol–water partition coefficient (Wildman–Crippen LogP) is 3.31. The highest BCUT2D eigenvalue weighted by Crippen LogP contribution is 2.22. The first-order chi connectivity index (χ1) is 10.2. The number of hydrogen-bond acceptors (Lipinski definition) is 3. The van der Waals surface area contributed by atoms with Crippen LogP contribution in [0.5, 0.6) is 0 Å². The molecular formula is C17H22N2OS. The number of aryl methyl sites for hydroxylation is 1. The maximum Gasteiger partial charge on any atom is 0.250 e. The van der Waals surface area contributed by atoms with Crippen molar-refractivity contribution in [2.75, 3.05) is 12.3 Å². The molecule has 0 radical (unpaired) electrons. The molecular weight excluding hydrogens is 280 g/mol. The van der Waals surface area contributed by atoms with E-state index in [4.69, 9.17) is 0 Å². The van der Waals surface area contributed by atoms with Crippen LogP contribution >= 0.6 is 11.8 Å². The molecule has 1 N–H and O–H groups in total. The van der Waals surface area contributed by atoms with Crippen LogP contribution in [0.25, 0.3) is 0 Å². The van der Waals surface area contributed by atoms with E-state index in [0.717, 1.165) is 18.8 Å². The highest BCUT2D eigenvalue weighted by molar-refractivity contribution is 7.99. The molecule has 0 bridgehead atoms. The Bertz CT molecular complexity index is 624. The van der Waals surface area contributed by atoms with Crippen LogP contribution < -0.4 is 10.9 Å². The second-order valence-electron chi connectivity index (χ2n) is 4.93. The lowest BCUT2D eigenvalue weighted by Gasteiger charge is -2.13. The molecule has 0 fully saturated rings. The minimum Gasteiger partial charge on any atom is -0.315 e. The number of aromatic nitrogens is 1. The molecule has 21 heavy (non-hydrogen) atoms. The number of pyridine rings is 1. The van der Waals surface area contributed by atoms with Crippen LogP contribution in [-0.4, -0.2) is 16.9 Å². The summed E-state index contributed by atoms with van der Waals surface area (Å²) in [5, 5.41) is 3.42. The zero-order valence-electron chi connectivity index (χ0n) is 12.6. The summed E-state index contributed by atoms with van der Waals surface area (Å²) >= 11 is 1.79. The van der Waals surface area contributed by atoms with Gasteiger partial charge in [0.15, 0.2) is 0 Å². The molecule has 0 amide bonds.